The van der Waals surface area contributed by atoms with Crippen LogP contribution in [-0.2, 0) is 19.1 Å². The summed E-state index contributed by atoms with van der Waals surface area (Å²) in [7, 11) is 0. The molecular weight excluding hydrogens is 370 g/mol. The molecule has 0 aliphatic carbocycles. The molecule has 2 atom stereocenters. The van der Waals surface area contributed by atoms with E-state index in [4.69, 9.17) is 14.6 Å². The number of alkyl carbamates (subject to hydrolysis) is 2. The van der Waals surface area contributed by atoms with Crippen molar-refractivity contribution in [3.05, 3.63) is 0 Å². The van der Waals surface area contributed by atoms with E-state index >= 15 is 0 Å². The summed E-state index contributed by atoms with van der Waals surface area (Å²) < 4.78 is 10.2. The fourth-order valence-electron chi connectivity index (χ4n) is 1.91. The first-order chi connectivity index (χ1) is 12.6. The van der Waals surface area contributed by atoms with Crippen LogP contribution >= 0.6 is 0 Å². The molecule has 0 radical (unpaired) electrons. The number of aliphatic carboxylic acids is 1. The highest BCUT2D eigenvalue weighted by molar-refractivity contribution is 5.89. The molecule has 28 heavy (non-hydrogen) atoms. The standard InChI is InChI=1S/C18H33N3O7/c1-11(14(23)24)20-13(22)12(21-16(26)28-18(5,6)7)9-8-10-19-15(25)27-17(2,3)4/h11-12H,8-10H2,1-7H3,(H,19,25)(H,20,22)(H,21,26)(H,23,24)/t11-,12-/m0/s1. The van der Waals surface area contributed by atoms with Gasteiger partial charge in [0.05, 0.1) is 0 Å². The summed E-state index contributed by atoms with van der Waals surface area (Å²) in [5.74, 6) is -1.85. The van der Waals surface area contributed by atoms with E-state index in [0.29, 0.717) is 6.42 Å². The number of ether oxygens (including phenoxy) is 2. The number of amides is 3. The lowest BCUT2D eigenvalue weighted by atomic mass is 10.1. The van der Waals surface area contributed by atoms with Crippen LogP contribution < -0.4 is 16.0 Å². The van der Waals surface area contributed by atoms with E-state index in [1.54, 1.807) is 41.5 Å². The molecule has 10 heteroatoms. The van der Waals surface area contributed by atoms with E-state index in [0.717, 1.165) is 0 Å². The summed E-state index contributed by atoms with van der Waals surface area (Å²) in [5.41, 5.74) is -1.38. The Morgan fingerprint density at radius 2 is 1.39 bits per heavy atom. The van der Waals surface area contributed by atoms with Gasteiger partial charge in [0.1, 0.15) is 23.3 Å². The molecule has 0 bridgehead atoms. The molecular formula is C18H33N3O7. The number of nitrogens with one attached hydrogen (secondary N) is 3. The van der Waals surface area contributed by atoms with Crippen LogP contribution in [0.4, 0.5) is 9.59 Å². The van der Waals surface area contributed by atoms with E-state index in [1.807, 2.05) is 0 Å². The van der Waals surface area contributed by atoms with Gasteiger partial charge >= 0.3 is 18.2 Å². The summed E-state index contributed by atoms with van der Waals surface area (Å²) in [4.78, 5) is 46.8. The largest absolute Gasteiger partial charge is 0.480 e. The molecule has 0 heterocycles. The maximum atomic E-state index is 12.3. The predicted octanol–water partition coefficient (Wildman–Crippen LogP) is 1.77. The zero-order valence-corrected chi connectivity index (χ0v) is 17.7. The molecule has 0 rings (SSSR count). The summed E-state index contributed by atoms with van der Waals surface area (Å²) >= 11 is 0. The fourth-order valence-corrected chi connectivity index (χ4v) is 1.91. The summed E-state index contributed by atoms with van der Waals surface area (Å²) in [5, 5.41) is 16.2. The molecule has 4 N–H and O–H groups in total. The zero-order chi connectivity index (χ0) is 22.1. The van der Waals surface area contributed by atoms with Crippen LogP contribution in [0.25, 0.3) is 0 Å². The molecule has 10 nitrogen and oxygen atoms in total. The lowest BCUT2D eigenvalue weighted by Gasteiger charge is -2.24. The van der Waals surface area contributed by atoms with Crippen LogP contribution in [0, 0.1) is 0 Å². The average Bonchev–Trinajstić information content (AvgIpc) is 2.46. The normalized spacial score (nSPS) is 13.7. The Kier molecular flexibility index (Phi) is 9.76. The van der Waals surface area contributed by atoms with Gasteiger partial charge in [0.2, 0.25) is 5.91 Å². The Balaban J connectivity index is 4.76. The molecule has 0 aromatic heterocycles. The quantitative estimate of drug-likeness (QED) is 0.452. The van der Waals surface area contributed by atoms with Crippen LogP contribution in [-0.4, -0.2) is 59.0 Å². The van der Waals surface area contributed by atoms with Crippen molar-refractivity contribution in [3.8, 4) is 0 Å². The molecule has 0 aliphatic heterocycles. The summed E-state index contributed by atoms with van der Waals surface area (Å²) in [6.07, 6.45) is -0.884. The molecule has 0 aromatic rings. The van der Waals surface area contributed by atoms with Gasteiger partial charge in [0, 0.05) is 6.54 Å². The monoisotopic (exact) mass is 403 g/mol. The summed E-state index contributed by atoms with van der Waals surface area (Å²) in [6.45, 7) is 11.8. The number of carboxylic acid groups (broad SMARTS) is 1. The van der Waals surface area contributed by atoms with Crippen molar-refractivity contribution in [1.82, 2.24) is 16.0 Å². The number of carboxylic acids is 1. The smallest absolute Gasteiger partial charge is 0.408 e. The van der Waals surface area contributed by atoms with Crippen molar-refractivity contribution in [2.75, 3.05) is 6.54 Å². The predicted molar refractivity (Wildman–Crippen MR) is 102 cm³/mol. The Hall–Kier alpha value is -2.52. The first-order valence-corrected chi connectivity index (χ1v) is 9.10. The molecule has 0 aliphatic rings. The van der Waals surface area contributed by atoms with Crippen LogP contribution in [0.5, 0.6) is 0 Å². The average molecular weight is 403 g/mol. The van der Waals surface area contributed by atoms with Gasteiger partial charge in [0.25, 0.3) is 0 Å². The minimum absolute atomic E-state index is 0.160. The lowest BCUT2D eigenvalue weighted by Crippen LogP contribution is -2.51. The minimum Gasteiger partial charge on any atom is -0.480 e. The molecule has 162 valence electrons. The molecule has 0 unspecified atom stereocenters. The van der Waals surface area contributed by atoms with Crippen LogP contribution in [0.2, 0.25) is 0 Å². The van der Waals surface area contributed by atoms with Gasteiger partial charge in [0.15, 0.2) is 0 Å². The third-order valence-electron chi connectivity index (χ3n) is 3.07. The van der Waals surface area contributed by atoms with Gasteiger partial charge < -0.3 is 30.5 Å². The maximum Gasteiger partial charge on any atom is 0.408 e. The van der Waals surface area contributed by atoms with E-state index in [2.05, 4.69) is 16.0 Å². The Morgan fingerprint density at radius 1 is 0.893 bits per heavy atom. The first kappa shape index (κ1) is 25.5. The van der Waals surface area contributed by atoms with Gasteiger partial charge in [-0.3, -0.25) is 9.59 Å². The number of hydrogen-bond donors (Lipinski definition) is 4. The van der Waals surface area contributed by atoms with Crippen molar-refractivity contribution in [2.45, 2.75) is 84.6 Å². The Labute approximate surface area is 165 Å². The topological polar surface area (TPSA) is 143 Å². The third kappa shape index (κ3) is 12.8. The Morgan fingerprint density at radius 3 is 1.86 bits per heavy atom. The zero-order valence-electron chi connectivity index (χ0n) is 17.7. The van der Waals surface area contributed by atoms with Crippen molar-refractivity contribution in [3.63, 3.8) is 0 Å². The highest BCUT2D eigenvalue weighted by Crippen LogP contribution is 2.09. The molecule has 0 aromatic carbocycles. The van der Waals surface area contributed by atoms with E-state index in [-0.39, 0.29) is 13.0 Å². The third-order valence-corrected chi connectivity index (χ3v) is 3.07. The number of hydrogen-bond acceptors (Lipinski definition) is 6. The first-order valence-electron chi connectivity index (χ1n) is 9.10. The van der Waals surface area contributed by atoms with Crippen molar-refractivity contribution in [2.24, 2.45) is 0 Å². The van der Waals surface area contributed by atoms with Crippen molar-refractivity contribution in [1.29, 1.82) is 0 Å². The van der Waals surface area contributed by atoms with Crippen molar-refractivity contribution < 1.29 is 33.8 Å². The van der Waals surface area contributed by atoms with E-state index in [9.17, 15) is 19.2 Å². The number of rotatable bonds is 8. The van der Waals surface area contributed by atoms with Gasteiger partial charge in [-0.15, -0.1) is 0 Å². The molecule has 0 saturated carbocycles. The number of carbonyl (C=O) groups excluding carboxylic acids is 3. The van der Waals surface area contributed by atoms with Gasteiger partial charge in [-0.05, 0) is 61.3 Å². The highest BCUT2D eigenvalue weighted by atomic mass is 16.6. The van der Waals surface area contributed by atoms with Crippen molar-refractivity contribution >= 4 is 24.1 Å². The highest BCUT2D eigenvalue weighted by Gasteiger charge is 2.26. The van der Waals surface area contributed by atoms with Crippen LogP contribution in [0.1, 0.15) is 61.3 Å². The van der Waals surface area contributed by atoms with Gasteiger partial charge in [-0.1, -0.05) is 0 Å². The van der Waals surface area contributed by atoms with E-state index < -0.39 is 47.3 Å². The van der Waals surface area contributed by atoms with Gasteiger partial charge in [-0.25, -0.2) is 9.59 Å². The molecule has 0 spiro atoms. The minimum atomic E-state index is -1.20. The second-order valence-electron chi connectivity index (χ2n) is 8.34. The Bertz CT molecular complexity index is 565. The van der Waals surface area contributed by atoms with E-state index in [1.165, 1.54) is 6.92 Å². The lowest BCUT2D eigenvalue weighted by molar-refractivity contribution is -0.141. The molecule has 0 saturated heterocycles. The fraction of sp³-hybridized carbons (Fsp3) is 0.778. The number of carbonyl (C=O) groups is 4. The summed E-state index contributed by atoms with van der Waals surface area (Å²) in [6, 6.07) is -2.13. The SMILES string of the molecule is C[C@H](NC(=O)[C@H](CCCNC(=O)OC(C)(C)C)NC(=O)OC(C)(C)C)C(=O)O. The second-order valence-corrected chi connectivity index (χ2v) is 8.34. The maximum absolute atomic E-state index is 12.3. The van der Waals surface area contributed by atoms with Crippen LogP contribution in [0.3, 0.4) is 0 Å². The molecule has 3 amide bonds. The van der Waals surface area contributed by atoms with Crippen LogP contribution in [0.15, 0.2) is 0 Å². The molecule has 0 fully saturated rings. The van der Waals surface area contributed by atoms with Gasteiger partial charge in [-0.2, -0.15) is 0 Å². The second kappa shape index (κ2) is 10.7.